The molecule has 0 spiro atoms. The van der Waals surface area contributed by atoms with Gasteiger partial charge in [0.2, 0.25) is 0 Å². The minimum Gasteiger partial charge on any atom is -0.384 e. The van der Waals surface area contributed by atoms with Crippen LogP contribution < -0.4 is 5.32 Å². The van der Waals surface area contributed by atoms with Crippen LogP contribution in [0.15, 0.2) is 78.0 Å². The molecule has 0 saturated carbocycles. The highest BCUT2D eigenvalue weighted by atomic mass is 19.1. The van der Waals surface area contributed by atoms with Crippen molar-refractivity contribution < 1.29 is 4.39 Å². The number of hydrogen-bond donors (Lipinski definition) is 1. The van der Waals surface area contributed by atoms with E-state index in [9.17, 15) is 4.39 Å². The lowest BCUT2D eigenvalue weighted by Gasteiger charge is -2.09. The maximum absolute atomic E-state index is 13.6. The first kappa shape index (κ1) is 23.4. The van der Waals surface area contributed by atoms with E-state index in [1.54, 1.807) is 17.1 Å². The third-order valence-electron chi connectivity index (χ3n) is 5.70. The van der Waals surface area contributed by atoms with Gasteiger partial charge in [0, 0.05) is 49.9 Å². The predicted molar refractivity (Wildman–Crippen MR) is 135 cm³/mol. The molecule has 0 bridgehead atoms. The smallest absolute Gasteiger partial charge is 0.140 e. The van der Waals surface area contributed by atoms with E-state index in [1.165, 1.54) is 17.7 Å². The van der Waals surface area contributed by atoms with Gasteiger partial charge in [-0.1, -0.05) is 44.0 Å². The number of benzene rings is 1. The molecule has 0 atom stereocenters. The Balaban J connectivity index is 1.49. The Kier molecular flexibility index (Phi) is 7.52. The lowest BCUT2D eigenvalue weighted by molar-refractivity contribution is 0.626. The van der Waals surface area contributed by atoms with Crippen LogP contribution >= 0.6 is 0 Å². The zero-order valence-electron chi connectivity index (χ0n) is 20.0. The van der Waals surface area contributed by atoms with E-state index in [1.807, 2.05) is 36.8 Å². The maximum atomic E-state index is 13.6. The lowest BCUT2D eigenvalue weighted by atomic mass is 10.1. The van der Waals surface area contributed by atoms with Crippen molar-refractivity contribution in [1.82, 2.24) is 24.5 Å². The van der Waals surface area contributed by atoms with Crippen LogP contribution in [0.2, 0.25) is 0 Å². The summed E-state index contributed by atoms with van der Waals surface area (Å²) in [4.78, 5) is 9.22. The van der Waals surface area contributed by atoms with E-state index in [2.05, 4.69) is 46.6 Å². The molecule has 176 valence electrons. The number of halogens is 1. The fourth-order valence-electron chi connectivity index (χ4n) is 3.79. The maximum Gasteiger partial charge on any atom is 0.140 e. The second-order valence-electron chi connectivity index (χ2n) is 8.47. The number of imidazole rings is 1. The molecule has 0 radical (unpaired) electrons. The highest BCUT2D eigenvalue weighted by Crippen LogP contribution is 2.19. The van der Waals surface area contributed by atoms with E-state index in [0.717, 1.165) is 54.0 Å². The summed E-state index contributed by atoms with van der Waals surface area (Å²) < 4.78 is 17.3. The van der Waals surface area contributed by atoms with Gasteiger partial charge in [-0.2, -0.15) is 5.10 Å². The van der Waals surface area contributed by atoms with Crippen molar-refractivity contribution >= 4 is 11.4 Å². The summed E-state index contributed by atoms with van der Waals surface area (Å²) in [6, 6.07) is 11.4. The number of nitrogens with zero attached hydrogens (tertiary/aromatic N) is 5. The minimum absolute atomic E-state index is 0.297. The van der Waals surface area contributed by atoms with E-state index in [0.29, 0.717) is 12.2 Å². The Hall–Kier alpha value is -3.74. The lowest BCUT2D eigenvalue weighted by Crippen LogP contribution is -2.13. The number of aromatic nitrogens is 4. The van der Waals surface area contributed by atoms with Crippen molar-refractivity contribution in [3.05, 3.63) is 90.0 Å². The first-order valence-corrected chi connectivity index (χ1v) is 11.7. The van der Waals surface area contributed by atoms with E-state index < -0.39 is 0 Å². The van der Waals surface area contributed by atoms with Crippen molar-refractivity contribution in [3.8, 4) is 11.1 Å². The molecule has 0 saturated heterocycles. The Morgan fingerprint density at radius 1 is 1.12 bits per heavy atom. The van der Waals surface area contributed by atoms with Gasteiger partial charge in [0.15, 0.2) is 0 Å². The standard InChI is InChI=1S/C27H31FN6/c1-4-5-6-12-29-25(26-18-31-27-15-24(28)11-13-34(26)27)14-20(2)30-16-21-7-9-22(10-8-21)23-17-32-33(3)19-23/h7-11,13-15,17-19,30H,4-6,12,16H2,1-3H3/b20-14+,29-25?. The molecule has 6 nitrogen and oxygen atoms in total. The average molecular weight is 459 g/mol. The number of aliphatic imine (C=N–C) groups is 1. The molecule has 0 aliphatic heterocycles. The highest BCUT2D eigenvalue weighted by Gasteiger charge is 2.10. The van der Waals surface area contributed by atoms with Crippen LogP contribution in [0.5, 0.6) is 0 Å². The summed E-state index contributed by atoms with van der Waals surface area (Å²) in [5, 5.41) is 7.73. The van der Waals surface area contributed by atoms with Crippen molar-refractivity contribution in [1.29, 1.82) is 0 Å². The number of aryl methyl sites for hydroxylation is 1. The van der Waals surface area contributed by atoms with E-state index >= 15 is 0 Å². The van der Waals surface area contributed by atoms with Crippen LogP contribution in [0.25, 0.3) is 16.8 Å². The number of hydrogen-bond acceptors (Lipinski definition) is 4. The van der Waals surface area contributed by atoms with Crippen LogP contribution in [0.4, 0.5) is 4.39 Å². The number of unbranched alkanes of at least 4 members (excludes halogenated alkanes) is 2. The predicted octanol–water partition coefficient (Wildman–Crippen LogP) is 5.55. The van der Waals surface area contributed by atoms with Gasteiger partial charge in [0.1, 0.15) is 11.5 Å². The topological polar surface area (TPSA) is 59.5 Å². The molecule has 4 rings (SSSR count). The van der Waals surface area contributed by atoms with Crippen molar-refractivity contribution in [2.24, 2.45) is 12.0 Å². The molecule has 7 heteroatoms. The number of allylic oxidation sites excluding steroid dienone is 2. The molecule has 3 heterocycles. The third kappa shape index (κ3) is 5.78. The molecule has 0 aliphatic carbocycles. The normalized spacial score (nSPS) is 12.5. The van der Waals surface area contributed by atoms with Gasteiger partial charge < -0.3 is 5.32 Å². The Morgan fingerprint density at radius 2 is 1.94 bits per heavy atom. The number of nitrogens with one attached hydrogen (secondary N) is 1. The van der Waals surface area contributed by atoms with Gasteiger partial charge in [-0.05, 0) is 36.6 Å². The van der Waals surface area contributed by atoms with E-state index in [-0.39, 0.29) is 5.82 Å². The highest BCUT2D eigenvalue weighted by molar-refractivity contribution is 6.08. The molecule has 3 aromatic heterocycles. The summed E-state index contributed by atoms with van der Waals surface area (Å²) in [5.74, 6) is -0.297. The monoisotopic (exact) mass is 458 g/mol. The van der Waals surface area contributed by atoms with Crippen molar-refractivity contribution in [3.63, 3.8) is 0 Å². The van der Waals surface area contributed by atoms with Gasteiger partial charge in [-0.3, -0.25) is 14.1 Å². The number of pyridine rings is 1. The summed E-state index contributed by atoms with van der Waals surface area (Å²) in [5.41, 5.74) is 6.71. The Bertz CT molecular complexity index is 1300. The molecular weight excluding hydrogens is 427 g/mol. The molecule has 0 amide bonds. The van der Waals surface area contributed by atoms with Crippen LogP contribution in [0.3, 0.4) is 0 Å². The molecule has 0 fully saturated rings. The van der Waals surface area contributed by atoms with Crippen LogP contribution in [0.1, 0.15) is 44.4 Å². The van der Waals surface area contributed by atoms with Gasteiger partial charge in [-0.25, -0.2) is 9.37 Å². The van der Waals surface area contributed by atoms with E-state index in [4.69, 9.17) is 4.99 Å². The second kappa shape index (κ2) is 10.9. The first-order valence-electron chi connectivity index (χ1n) is 11.7. The average Bonchev–Trinajstić information content (AvgIpc) is 3.46. The molecule has 1 aromatic carbocycles. The SMILES string of the molecule is CCCCCN=C(/C=C(\C)NCc1ccc(-c2cnn(C)c2)cc1)c1cnc2cc(F)ccn12. The largest absolute Gasteiger partial charge is 0.384 e. The summed E-state index contributed by atoms with van der Waals surface area (Å²) in [6.45, 7) is 5.67. The molecule has 4 aromatic rings. The van der Waals surface area contributed by atoms with Crippen molar-refractivity contribution in [2.75, 3.05) is 6.54 Å². The summed E-state index contributed by atoms with van der Waals surface area (Å²) >= 11 is 0. The third-order valence-corrected chi connectivity index (χ3v) is 5.70. The van der Waals surface area contributed by atoms with Gasteiger partial charge in [0.25, 0.3) is 0 Å². The van der Waals surface area contributed by atoms with Gasteiger partial charge >= 0.3 is 0 Å². The van der Waals surface area contributed by atoms with Gasteiger partial charge in [0.05, 0.1) is 23.8 Å². The summed E-state index contributed by atoms with van der Waals surface area (Å²) in [7, 11) is 1.92. The quantitative estimate of drug-likeness (QED) is 0.250. The Labute approximate surface area is 199 Å². The summed E-state index contributed by atoms with van der Waals surface area (Å²) in [6.07, 6.45) is 12.7. The molecule has 1 N–H and O–H groups in total. The number of fused-ring (bicyclic) bond motifs is 1. The zero-order valence-corrected chi connectivity index (χ0v) is 20.0. The first-order chi connectivity index (χ1) is 16.5. The van der Waals surface area contributed by atoms with Crippen LogP contribution in [-0.4, -0.2) is 31.4 Å². The van der Waals surface area contributed by atoms with Crippen molar-refractivity contribution in [2.45, 2.75) is 39.7 Å². The van der Waals surface area contributed by atoms with Gasteiger partial charge in [-0.15, -0.1) is 0 Å². The minimum atomic E-state index is -0.297. The molecule has 34 heavy (non-hydrogen) atoms. The second-order valence-corrected chi connectivity index (χ2v) is 8.47. The number of rotatable bonds is 10. The van der Waals surface area contributed by atoms with Crippen LogP contribution in [0, 0.1) is 5.82 Å². The Morgan fingerprint density at radius 3 is 2.68 bits per heavy atom. The molecule has 0 unspecified atom stereocenters. The zero-order chi connectivity index (χ0) is 23.9. The fraction of sp³-hybridized carbons (Fsp3) is 0.296. The molecular formula is C27H31FN6. The fourth-order valence-corrected chi connectivity index (χ4v) is 3.79. The molecule has 0 aliphatic rings. The van der Waals surface area contributed by atoms with Crippen LogP contribution in [-0.2, 0) is 13.6 Å².